The van der Waals surface area contributed by atoms with E-state index in [1.54, 1.807) is 16.3 Å². The zero-order valence-electron chi connectivity index (χ0n) is 14.5. The van der Waals surface area contributed by atoms with E-state index in [4.69, 9.17) is 0 Å². The Hall–Kier alpha value is -2.74. The number of carbonyl (C=O) groups is 1. The van der Waals surface area contributed by atoms with Crippen LogP contribution in [-0.4, -0.2) is 44.8 Å². The molecule has 0 aliphatic carbocycles. The van der Waals surface area contributed by atoms with Gasteiger partial charge in [-0.25, -0.2) is 9.97 Å². The summed E-state index contributed by atoms with van der Waals surface area (Å²) >= 11 is 1.46. The van der Waals surface area contributed by atoms with Crippen molar-refractivity contribution in [3.63, 3.8) is 0 Å². The molecule has 1 aliphatic heterocycles. The molecule has 7 nitrogen and oxygen atoms in total. The smallest absolute Gasteiger partial charge is 0.270 e. The van der Waals surface area contributed by atoms with Crippen LogP contribution in [0.2, 0.25) is 0 Å². The van der Waals surface area contributed by atoms with Gasteiger partial charge < -0.3 is 10.2 Å². The molecular weight excluding hydrogens is 348 g/mol. The molecule has 1 amide bonds. The van der Waals surface area contributed by atoms with Crippen LogP contribution in [0.1, 0.15) is 23.3 Å². The van der Waals surface area contributed by atoms with Crippen LogP contribution in [0.15, 0.2) is 42.2 Å². The molecule has 1 fully saturated rings. The predicted octanol–water partition coefficient (Wildman–Crippen LogP) is 2.34. The van der Waals surface area contributed by atoms with Gasteiger partial charge in [0.25, 0.3) is 5.91 Å². The fraction of sp³-hybridized carbons (Fsp3) is 0.333. The summed E-state index contributed by atoms with van der Waals surface area (Å²) < 4.78 is 1.73. The Labute approximate surface area is 155 Å². The molecule has 134 valence electrons. The number of carbonyl (C=O) groups excluding carboxylic acids is 1. The number of anilines is 1. The average molecular weight is 368 g/mol. The number of hydrogen-bond acceptors (Lipinski definition) is 6. The molecule has 0 unspecified atom stereocenters. The normalized spacial score (nSPS) is 15.2. The predicted molar refractivity (Wildman–Crippen MR) is 101 cm³/mol. The Balaban J connectivity index is 1.34. The monoisotopic (exact) mass is 368 g/mol. The Bertz CT molecular complexity index is 882. The minimum absolute atomic E-state index is 0.104. The number of aryl methyl sites for hydroxylation is 1. The molecule has 1 aliphatic rings. The number of pyridine rings is 1. The third-order valence-corrected chi connectivity index (χ3v) is 5.38. The van der Waals surface area contributed by atoms with Gasteiger partial charge >= 0.3 is 0 Å². The summed E-state index contributed by atoms with van der Waals surface area (Å²) in [4.78, 5) is 23.6. The van der Waals surface area contributed by atoms with E-state index in [-0.39, 0.29) is 11.9 Å². The number of thiazole rings is 1. The Morgan fingerprint density at radius 2 is 2.15 bits per heavy atom. The summed E-state index contributed by atoms with van der Waals surface area (Å²) in [5.74, 6) is 0.894. The molecule has 3 aromatic rings. The van der Waals surface area contributed by atoms with E-state index in [1.807, 2.05) is 37.6 Å². The van der Waals surface area contributed by atoms with Crippen molar-refractivity contribution >= 4 is 23.1 Å². The standard InChI is InChI=1S/C18H20N6OS/c1-23-11-13(10-20-23)18-22-15(12-26-18)17(25)21-14-5-8-24(9-6-14)16-4-2-3-7-19-16/h2-4,7,10-12,14H,5-6,8-9H2,1H3,(H,21,25). The summed E-state index contributed by atoms with van der Waals surface area (Å²) in [5.41, 5.74) is 1.40. The topological polar surface area (TPSA) is 75.9 Å². The van der Waals surface area contributed by atoms with Crippen LogP contribution >= 0.6 is 11.3 Å². The van der Waals surface area contributed by atoms with Crippen molar-refractivity contribution in [1.29, 1.82) is 0 Å². The largest absolute Gasteiger partial charge is 0.356 e. The molecule has 1 saturated heterocycles. The average Bonchev–Trinajstić information content (AvgIpc) is 3.32. The van der Waals surface area contributed by atoms with Crippen molar-refractivity contribution < 1.29 is 4.79 Å². The molecule has 3 aromatic heterocycles. The maximum atomic E-state index is 12.5. The fourth-order valence-electron chi connectivity index (χ4n) is 3.10. The van der Waals surface area contributed by atoms with Gasteiger partial charge in [-0.2, -0.15) is 5.10 Å². The van der Waals surface area contributed by atoms with Crippen molar-refractivity contribution in [1.82, 2.24) is 25.1 Å². The van der Waals surface area contributed by atoms with Crippen LogP contribution < -0.4 is 10.2 Å². The second kappa shape index (κ2) is 7.25. The highest BCUT2D eigenvalue weighted by Gasteiger charge is 2.23. The first-order chi connectivity index (χ1) is 12.7. The highest BCUT2D eigenvalue weighted by molar-refractivity contribution is 7.13. The summed E-state index contributed by atoms with van der Waals surface area (Å²) in [6.45, 7) is 1.78. The fourth-order valence-corrected chi connectivity index (χ4v) is 3.87. The zero-order chi connectivity index (χ0) is 17.9. The van der Waals surface area contributed by atoms with E-state index in [9.17, 15) is 4.79 Å². The van der Waals surface area contributed by atoms with Gasteiger partial charge in [0.1, 0.15) is 16.5 Å². The second-order valence-electron chi connectivity index (χ2n) is 6.36. The number of amides is 1. The van der Waals surface area contributed by atoms with E-state index < -0.39 is 0 Å². The van der Waals surface area contributed by atoms with Gasteiger partial charge in [-0.05, 0) is 25.0 Å². The highest BCUT2D eigenvalue weighted by atomic mass is 32.1. The van der Waals surface area contributed by atoms with Gasteiger partial charge in [0.05, 0.1) is 6.20 Å². The first-order valence-electron chi connectivity index (χ1n) is 8.60. The number of nitrogens with zero attached hydrogens (tertiary/aromatic N) is 5. The van der Waals surface area contributed by atoms with Gasteiger partial charge in [-0.15, -0.1) is 11.3 Å². The summed E-state index contributed by atoms with van der Waals surface area (Å²) in [6, 6.07) is 6.11. The molecule has 0 radical (unpaired) electrons. The summed E-state index contributed by atoms with van der Waals surface area (Å²) in [5, 5.41) is 9.88. The zero-order valence-corrected chi connectivity index (χ0v) is 15.3. The van der Waals surface area contributed by atoms with Crippen LogP contribution in [0, 0.1) is 0 Å². The van der Waals surface area contributed by atoms with Gasteiger partial charge in [0.15, 0.2) is 0 Å². The van der Waals surface area contributed by atoms with E-state index in [1.165, 1.54) is 11.3 Å². The molecule has 4 heterocycles. The lowest BCUT2D eigenvalue weighted by Gasteiger charge is -2.33. The SMILES string of the molecule is Cn1cc(-c2nc(C(=O)NC3CCN(c4ccccn4)CC3)cs2)cn1. The van der Waals surface area contributed by atoms with E-state index in [0.29, 0.717) is 5.69 Å². The third-order valence-electron chi connectivity index (χ3n) is 4.49. The first kappa shape index (κ1) is 16.7. The van der Waals surface area contributed by atoms with Crippen LogP contribution in [0.3, 0.4) is 0 Å². The van der Waals surface area contributed by atoms with Crippen molar-refractivity contribution in [2.24, 2.45) is 7.05 Å². The molecular formula is C18H20N6OS. The third kappa shape index (κ3) is 3.60. The maximum absolute atomic E-state index is 12.5. The maximum Gasteiger partial charge on any atom is 0.270 e. The summed E-state index contributed by atoms with van der Waals surface area (Å²) in [7, 11) is 1.86. The minimum atomic E-state index is -0.104. The number of rotatable bonds is 4. The molecule has 0 atom stereocenters. The lowest BCUT2D eigenvalue weighted by Crippen LogP contribution is -2.45. The Morgan fingerprint density at radius 1 is 1.31 bits per heavy atom. The number of piperidine rings is 1. The van der Waals surface area contributed by atoms with Crippen LogP contribution in [-0.2, 0) is 7.05 Å². The van der Waals surface area contributed by atoms with E-state index in [0.717, 1.165) is 42.3 Å². The Morgan fingerprint density at radius 3 is 2.85 bits per heavy atom. The number of aromatic nitrogens is 4. The molecule has 26 heavy (non-hydrogen) atoms. The lowest BCUT2D eigenvalue weighted by atomic mass is 10.0. The van der Waals surface area contributed by atoms with Gasteiger partial charge in [0, 0.05) is 49.5 Å². The molecule has 4 rings (SSSR count). The number of hydrogen-bond donors (Lipinski definition) is 1. The van der Waals surface area contributed by atoms with Crippen molar-refractivity contribution in [2.75, 3.05) is 18.0 Å². The minimum Gasteiger partial charge on any atom is -0.356 e. The quantitative estimate of drug-likeness (QED) is 0.765. The lowest BCUT2D eigenvalue weighted by molar-refractivity contribution is 0.0927. The first-order valence-corrected chi connectivity index (χ1v) is 9.48. The van der Waals surface area contributed by atoms with Gasteiger partial charge in [-0.3, -0.25) is 9.48 Å². The van der Waals surface area contributed by atoms with E-state index in [2.05, 4.69) is 25.3 Å². The molecule has 0 bridgehead atoms. The molecule has 0 spiro atoms. The van der Waals surface area contributed by atoms with Crippen molar-refractivity contribution in [3.8, 4) is 10.6 Å². The molecule has 0 saturated carbocycles. The van der Waals surface area contributed by atoms with Crippen molar-refractivity contribution in [3.05, 3.63) is 47.9 Å². The molecule has 1 N–H and O–H groups in total. The number of nitrogens with one attached hydrogen (secondary N) is 1. The van der Waals surface area contributed by atoms with Crippen LogP contribution in [0.5, 0.6) is 0 Å². The van der Waals surface area contributed by atoms with Crippen LogP contribution in [0.4, 0.5) is 5.82 Å². The Kier molecular flexibility index (Phi) is 4.66. The van der Waals surface area contributed by atoms with Crippen molar-refractivity contribution in [2.45, 2.75) is 18.9 Å². The van der Waals surface area contributed by atoms with E-state index >= 15 is 0 Å². The summed E-state index contributed by atoms with van der Waals surface area (Å²) in [6.07, 6.45) is 7.27. The van der Waals surface area contributed by atoms with Crippen LogP contribution in [0.25, 0.3) is 10.6 Å². The highest BCUT2D eigenvalue weighted by Crippen LogP contribution is 2.23. The molecule has 0 aromatic carbocycles. The molecule has 8 heteroatoms. The second-order valence-corrected chi connectivity index (χ2v) is 7.22. The van der Waals surface area contributed by atoms with Gasteiger partial charge in [0.2, 0.25) is 0 Å². The van der Waals surface area contributed by atoms with Gasteiger partial charge in [-0.1, -0.05) is 6.07 Å².